The molecule has 2 amide bonds. The number of rotatable bonds is 9. The average molecular weight is 541 g/mol. The number of hydrogen-bond donors (Lipinski definition) is 2. The van der Waals surface area contributed by atoms with E-state index in [2.05, 4.69) is 33.5 Å². The number of hydrogen-bond acceptors (Lipinski definition) is 7. The van der Waals surface area contributed by atoms with Crippen molar-refractivity contribution in [2.45, 2.75) is 50.4 Å². The number of carbonyl (C=O) groups excluding carboxylic acids is 2. The Morgan fingerprint density at radius 2 is 2.11 bits per heavy atom. The van der Waals surface area contributed by atoms with E-state index < -0.39 is 6.04 Å². The number of nitrogens with zero attached hydrogens (tertiary/aromatic N) is 4. The highest BCUT2D eigenvalue weighted by Gasteiger charge is 2.23. The summed E-state index contributed by atoms with van der Waals surface area (Å²) in [6, 6.07) is 8.62. The molecule has 0 saturated carbocycles. The van der Waals surface area contributed by atoms with Crippen LogP contribution in [0.4, 0.5) is 5.00 Å². The van der Waals surface area contributed by atoms with E-state index in [0.29, 0.717) is 38.7 Å². The number of benzene rings is 1. The third kappa shape index (κ3) is 5.64. The van der Waals surface area contributed by atoms with Gasteiger partial charge in [0, 0.05) is 11.4 Å². The minimum atomic E-state index is -0.458. The van der Waals surface area contributed by atoms with E-state index in [9.17, 15) is 14.9 Å². The first-order valence-corrected chi connectivity index (χ1v) is 13.7. The second kappa shape index (κ2) is 11.7. The number of aryl methyl sites for hydroxylation is 1. The topological polar surface area (TPSA) is 113 Å². The van der Waals surface area contributed by atoms with Gasteiger partial charge in [0.05, 0.1) is 27.9 Å². The molecule has 8 nitrogen and oxygen atoms in total. The van der Waals surface area contributed by atoms with Crippen molar-refractivity contribution in [3.63, 3.8) is 0 Å². The van der Waals surface area contributed by atoms with Crippen molar-refractivity contribution in [2.24, 2.45) is 0 Å². The maximum absolute atomic E-state index is 12.7. The van der Waals surface area contributed by atoms with E-state index in [1.165, 1.54) is 28.0 Å². The van der Waals surface area contributed by atoms with Gasteiger partial charge in [-0.1, -0.05) is 41.6 Å². The number of thiophene rings is 1. The van der Waals surface area contributed by atoms with Crippen LogP contribution in [0.15, 0.2) is 42.1 Å². The summed E-state index contributed by atoms with van der Waals surface area (Å²) >= 11 is 8.88. The van der Waals surface area contributed by atoms with Gasteiger partial charge in [-0.2, -0.15) is 5.26 Å². The molecule has 0 radical (unpaired) electrons. The van der Waals surface area contributed by atoms with Crippen LogP contribution in [-0.4, -0.2) is 32.3 Å². The van der Waals surface area contributed by atoms with Crippen molar-refractivity contribution >= 4 is 51.5 Å². The Morgan fingerprint density at radius 3 is 2.86 bits per heavy atom. The van der Waals surface area contributed by atoms with Gasteiger partial charge in [0.2, 0.25) is 5.91 Å². The molecule has 2 aromatic heterocycles. The second-order valence-electron chi connectivity index (χ2n) is 8.28. The fourth-order valence-electron chi connectivity index (χ4n) is 4.08. The molecule has 0 fully saturated rings. The summed E-state index contributed by atoms with van der Waals surface area (Å²) in [7, 11) is 0. The van der Waals surface area contributed by atoms with Crippen LogP contribution >= 0.6 is 34.7 Å². The van der Waals surface area contributed by atoms with E-state index in [1.54, 1.807) is 30.3 Å². The van der Waals surface area contributed by atoms with Gasteiger partial charge in [-0.3, -0.25) is 9.59 Å². The first-order valence-electron chi connectivity index (χ1n) is 11.5. The fraction of sp³-hybridized carbons (Fsp3) is 0.320. The van der Waals surface area contributed by atoms with Crippen molar-refractivity contribution in [2.75, 3.05) is 11.1 Å². The molecule has 1 aromatic carbocycles. The molecule has 0 unspecified atom stereocenters. The van der Waals surface area contributed by atoms with Gasteiger partial charge in [0.1, 0.15) is 11.1 Å². The molecule has 36 heavy (non-hydrogen) atoms. The molecular weight excluding hydrogens is 516 g/mol. The second-order valence-corrected chi connectivity index (χ2v) is 10.7. The molecule has 0 bridgehead atoms. The number of carbonyl (C=O) groups is 2. The summed E-state index contributed by atoms with van der Waals surface area (Å²) in [5.41, 5.74) is 2.05. The Labute approximate surface area is 222 Å². The molecule has 2 heterocycles. The summed E-state index contributed by atoms with van der Waals surface area (Å²) in [5.74, 6) is 0.103. The van der Waals surface area contributed by atoms with Crippen molar-refractivity contribution in [3.05, 3.63) is 69.3 Å². The lowest BCUT2D eigenvalue weighted by Crippen LogP contribution is -2.29. The van der Waals surface area contributed by atoms with E-state index in [4.69, 9.17) is 11.6 Å². The van der Waals surface area contributed by atoms with E-state index in [0.717, 1.165) is 31.2 Å². The third-order valence-electron chi connectivity index (χ3n) is 5.78. The molecule has 0 aliphatic heterocycles. The number of aromatic nitrogens is 3. The number of nitrogens with one attached hydrogen (secondary N) is 2. The summed E-state index contributed by atoms with van der Waals surface area (Å²) in [6.07, 6.45) is 5.73. The van der Waals surface area contributed by atoms with Crippen LogP contribution in [-0.2, 0) is 24.2 Å². The quantitative estimate of drug-likeness (QED) is 0.286. The maximum atomic E-state index is 12.7. The molecule has 0 saturated heterocycles. The fourth-order valence-corrected chi connectivity index (χ4v) is 6.31. The lowest BCUT2D eigenvalue weighted by Gasteiger charge is -2.15. The zero-order valence-corrected chi connectivity index (χ0v) is 22.1. The maximum Gasteiger partial charge on any atom is 0.253 e. The first-order chi connectivity index (χ1) is 17.4. The normalized spacial score (nSPS) is 13.4. The predicted molar refractivity (Wildman–Crippen MR) is 143 cm³/mol. The molecule has 3 aromatic rings. The number of allylic oxidation sites excluding steroid dienone is 1. The Balaban J connectivity index is 1.43. The molecule has 0 spiro atoms. The number of halogens is 1. The van der Waals surface area contributed by atoms with Crippen molar-refractivity contribution < 1.29 is 9.59 Å². The zero-order chi connectivity index (χ0) is 25.7. The minimum Gasteiger partial charge on any atom is -0.342 e. The highest BCUT2D eigenvalue weighted by molar-refractivity contribution is 7.99. The largest absolute Gasteiger partial charge is 0.342 e. The lowest BCUT2D eigenvalue weighted by molar-refractivity contribution is -0.113. The van der Waals surface area contributed by atoms with E-state index in [1.807, 2.05) is 11.5 Å². The summed E-state index contributed by atoms with van der Waals surface area (Å²) in [5, 5.41) is 25.4. The molecule has 1 atom stereocenters. The number of anilines is 1. The van der Waals surface area contributed by atoms with Crippen LogP contribution in [0, 0.1) is 11.3 Å². The Morgan fingerprint density at radius 1 is 1.33 bits per heavy atom. The number of thioether (sulfide) groups is 1. The van der Waals surface area contributed by atoms with Crippen LogP contribution < -0.4 is 10.6 Å². The number of fused-ring (bicyclic) bond motifs is 1. The highest BCUT2D eigenvalue weighted by Crippen LogP contribution is 2.37. The summed E-state index contributed by atoms with van der Waals surface area (Å²) < 4.78 is 1.81. The van der Waals surface area contributed by atoms with Crippen LogP contribution in [0.5, 0.6) is 0 Å². The molecule has 2 N–H and O–H groups in total. The molecule has 1 aliphatic carbocycles. The van der Waals surface area contributed by atoms with Gasteiger partial charge in [-0.05, 0) is 50.3 Å². The van der Waals surface area contributed by atoms with Crippen LogP contribution in [0.1, 0.15) is 58.0 Å². The average Bonchev–Trinajstić information content (AvgIpc) is 3.43. The lowest BCUT2D eigenvalue weighted by atomic mass is 9.96. The van der Waals surface area contributed by atoms with Crippen molar-refractivity contribution in [3.8, 4) is 6.07 Å². The van der Waals surface area contributed by atoms with Crippen LogP contribution in [0.25, 0.3) is 0 Å². The molecular formula is C25H25ClN6O2S2. The molecule has 186 valence electrons. The van der Waals surface area contributed by atoms with Gasteiger partial charge in [-0.15, -0.1) is 28.1 Å². The number of amides is 2. The van der Waals surface area contributed by atoms with E-state index in [-0.39, 0.29) is 17.6 Å². The van der Waals surface area contributed by atoms with Gasteiger partial charge < -0.3 is 15.2 Å². The Bertz CT molecular complexity index is 1340. The summed E-state index contributed by atoms with van der Waals surface area (Å²) in [4.78, 5) is 26.6. The first kappa shape index (κ1) is 25.9. The smallest absolute Gasteiger partial charge is 0.253 e. The van der Waals surface area contributed by atoms with Crippen molar-refractivity contribution in [1.82, 2.24) is 20.1 Å². The third-order valence-corrected chi connectivity index (χ3v) is 8.28. The minimum absolute atomic E-state index is 0.100. The van der Waals surface area contributed by atoms with E-state index >= 15 is 0 Å². The van der Waals surface area contributed by atoms with Crippen molar-refractivity contribution in [1.29, 1.82) is 5.26 Å². The highest BCUT2D eigenvalue weighted by atomic mass is 35.5. The molecule has 1 aliphatic rings. The molecule has 4 rings (SSSR count). The standard InChI is InChI=1S/C25H25ClN6O2S2/c1-3-12-32-22(15(2)28-23(34)17-9-4-6-10-19(17)26)30-31-25(32)35-14-21(33)29-24-18(13-27)16-8-5-7-11-20(16)36-24/h3-4,6,9-10,15H,1,5,7-8,11-12,14H2,2H3,(H,28,34)(H,29,33)/t15-/m1/s1. The zero-order valence-electron chi connectivity index (χ0n) is 19.7. The Hall–Kier alpha value is -3.13. The van der Waals surface area contributed by atoms with Gasteiger partial charge in [0.15, 0.2) is 11.0 Å². The molecule has 11 heteroatoms. The van der Waals surface area contributed by atoms with Gasteiger partial charge in [-0.25, -0.2) is 0 Å². The van der Waals surface area contributed by atoms with Gasteiger partial charge >= 0.3 is 0 Å². The Kier molecular flexibility index (Phi) is 8.46. The summed E-state index contributed by atoms with van der Waals surface area (Å²) in [6.45, 7) is 6.02. The van der Waals surface area contributed by atoms with Crippen LogP contribution in [0.2, 0.25) is 5.02 Å². The predicted octanol–water partition coefficient (Wildman–Crippen LogP) is 5.15. The van der Waals surface area contributed by atoms with Gasteiger partial charge in [0.25, 0.3) is 5.91 Å². The SMILES string of the molecule is C=CCn1c(SCC(=O)Nc2sc3c(c2C#N)CCCC3)nnc1[C@@H](C)NC(=O)c1ccccc1Cl. The monoisotopic (exact) mass is 540 g/mol. The number of nitriles is 1. The van der Waals surface area contributed by atoms with Crippen LogP contribution in [0.3, 0.4) is 0 Å².